The van der Waals surface area contributed by atoms with Gasteiger partial charge >= 0.3 is 0 Å². The number of rotatable bonds is 9. The van der Waals surface area contributed by atoms with Crippen molar-refractivity contribution in [2.75, 3.05) is 31.7 Å². The second-order valence-electron chi connectivity index (χ2n) is 5.47. The summed E-state index contributed by atoms with van der Waals surface area (Å²) in [6.07, 6.45) is 1.12. The highest BCUT2D eigenvalue weighted by Gasteiger charge is 2.15. The summed E-state index contributed by atoms with van der Waals surface area (Å²) in [5.41, 5.74) is 2.31. The second-order valence-corrected chi connectivity index (χ2v) is 5.88. The lowest BCUT2D eigenvalue weighted by molar-refractivity contribution is 0.182. The Kier molecular flexibility index (Phi) is 8.09. The number of likely N-dealkylation sites (N-methyl/N-ethyl adjacent to an activating group) is 1. The van der Waals surface area contributed by atoms with Crippen molar-refractivity contribution in [1.82, 2.24) is 5.32 Å². The van der Waals surface area contributed by atoms with E-state index in [9.17, 15) is 0 Å². The maximum atomic E-state index is 6.49. The average Bonchev–Trinajstić information content (AvgIpc) is 2.46. The highest BCUT2D eigenvalue weighted by molar-refractivity contribution is 6.31. The molecule has 2 atom stereocenters. The maximum Gasteiger partial charge on any atom is 0.0663 e. The average molecular weight is 313 g/mol. The van der Waals surface area contributed by atoms with E-state index in [2.05, 4.69) is 56.1 Å². The van der Waals surface area contributed by atoms with Crippen molar-refractivity contribution in [3.05, 3.63) is 28.8 Å². The Labute approximate surface area is 134 Å². The van der Waals surface area contributed by atoms with Gasteiger partial charge in [0, 0.05) is 36.4 Å². The van der Waals surface area contributed by atoms with Crippen LogP contribution >= 0.6 is 11.6 Å². The van der Waals surface area contributed by atoms with Crippen molar-refractivity contribution >= 4 is 17.3 Å². The minimum Gasteiger partial charge on any atom is -0.383 e. The fourth-order valence-electron chi connectivity index (χ4n) is 2.60. The zero-order valence-corrected chi connectivity index (χ0v) is 14.7. The summed E-state index contributed by atoms with van der Waals surface area (Å²) in [4.78, 5) is 2.31. The third-order valence-electron chi connectivity index (χ3n) is 3.76. The van der Waals surface area contributed by atoms with Crippen LogP contribution < -0.4 is 10.2 Å². The maximum absolute atomic E-state index is 6.49. The predicted octanol–water partition coefficient (Wildman–Crippen LogP) is 4.26. The van der Waals surface area contributed by atoms with Crippen LogP contribution in [0.2, 0.25) is 5.02 Å². The van der Waals surface area contributed by atoms with Gasteiger partial charge in [-0.05, 0) is 51.4 Å². The molecule has 0 aromatic heterocycles. The van der Waals surface area contributed by atoms with Crippen LogP contribution in [0.3, 0.4) is 0 Å². The third-order valence-corrected chi connectivity index (χ3v) is 4.09. The summed E-state index contributed by atoms with van der Waals surface area (Å²) in [7, 11) is 1.74. The van der Waals surface area contributed by atoms with Crippen LogP contribution in [0, 0.1) is 0 Å². The predicted molar refractivity (Wildman–Crippen MR) is 92.5 cm³/mol. The monoisotopic (exact) mass is 312 g/mol. The Balaban J connectivity index is 2.89. The van der Waals surface area contributed by atoms with E-state index in [0.29, 0.717) is 12.6 Å². The molecule has 0 fully saturated rings. The third kappa shape index (κ3) is 5.17. The van der Waals surface area contributed by atoms with Gasteiger partial charge < -0.3 is 15.0 Å². The van der Waals surface area contributed by atoms with Gasteiger partial charge in [-0.2, -0.15) is 0 Å². The number of anilines is 1. The van der Waals surface area contributed by atoms with E-state index in [1.807, 2.05) is 0 Å². The molecule has 2 unspecified atom stereocenters. The Morgan fingerprint density at radius 2 is 2.00 bits per heavy atom. The topological polar surface area (TPSA) is 24.5 Å². The quantitative estimate of drug-likeness (QED) is 0.737. The summed E-state index contributed by atoms with van der Waals surface area (Å²) in [6.45, 7) is 11.3. The van der Waals surface area contributed by atoms with Crippen LogP contribution in [0.4, 0.5) is 5.69 Å². The van der Waals surface area contributed by atoms with Crippen LogP contribution in [0.25, 0.3) is 0 Å². The molecular formula is C17H29ClN2O. The van der Waals surface area contributed by atoms with E-state index >= 15 is 0 Å². The zero-order chi connectivity index (χ0) is 15.8. The van der Waals surface area contributed by atoms with Gasteiger partial charge in [0.1, 0.15) is 0 Å². The molecule has 3 nitrogen and oxygen atoms in total. The minimum absolute atomic E-state index is 0.276. The van der Waals surface area contributed by atoms with Gasteiger partial charge in [0.2, 0.25) is 0 Å². The van der Waals surface area contributed by atoms with Crippen molar-refractivity contribution in [1.29, 1.82) is 0 Å². The molecule has 1 aromatic rings. The van der Waals surface area contributed by atoms with Crippen molar-refractivity contribution in [3.8, 4) is 0 Å². The lowest BCUT2D eigenvalue weighted by atomic mass is 10.1. The van der Waals surface area contributed by atoms with Crippen LogP contribution in [0.15, 0.2) is 18.2 Å². The molecule has 0 saturated heterocycles. The molecule has 0 heterocycles. The van der Waals surface area contributed by atoms with Gasteiger partial charge in [-0.3, -0.25) is 0 Å². The molecule has 4 heteroatoms. The van der Waals surface area contributed by atoms with Gasteiger partial charge in [-0.25, -0.2) is 0 Å². The smallest absolute Gasteiger partial charge is 0.0663 e. The SMILES string of the molecule is CCCNC(C)c1ccc(N(CC)C(C)COC)cc1Cl. The van der Waals surface area contributed by atoms with Crippen molar-refractivity contribution in [3.63, 3.8) is 0 Å². The second kappa shape index (κ2) is 9.29. The van der Waals surface area contributed by atoms with Crippen LogP contribution in [-0.4, -0.2) is 32.8 Å². The summed E-state index contributed by atoms with van der Waals surface area (Å²) >= 11 is 6.49. The molecule has 21 heavy (non-hydrogen) atoms. The molecule has 0 radical (unpaired) electrons. The number of hydrogen-bond donors (Lipinski definition) is 1. The first-order valence-electron chi connectivity index (χ1n) is 7.83. The molecular weight excluding hydrogens is 284 g/mol. The minimum atomic E-state index is 0.276. The van der Waals surface area contributed by atoms with Gasteiger partial charge in [0.25, 0.3) is 0 Å². The van der Waals surface area contributed by atoms with E-state index in [0.717, 1.165) is 35.8 Å². The molecule has 0 spiro atoms. The fourth-order valence-corrected chi connectivity index (χ4v) is 2.94. The molecule has 0 aliphatic rings. The van der Waals surface area contributed by atoms with Crippen LogP contribution in [0.5, 0.6) is 0 Å². The van der Waals surface area contributed by atoms with E-state index in [1.54, 1.807) is 7.11 Å². The molecule has 1 N–H and O–H groups in total. The van der Waals surface area contributed by atoms with E-state index in [-0.39, 0.29) is 6.04 Å². The number of halogens is 1. The Bertz CT molecular complexity index is 425. The largest absolute Gasteiger partial charge is 0.383 e. The van der Waals surface area contributed by atoms with Crippen LogP contribution in [-0.2, 0) is 4.74 Å². The summed E-state index contributed by atoms with van der Waals surface area (Å²) in [5.74, 6) is 0. The Hall–Kier alpha value is -0.770. The molecule has 0 aliphatic carbocycles. The molecule has 0 saturated carbocycles. The fraction of sp³-hybridized carbons (Fsp3) is 0.647. The highest BCUT2D eigenvalue weighted by Crippen LogP contribution is 2.28. The number of ether oxygens (including phenoxy) is 1. The first-order chi connectivity index (χ1) is 10.0. The highest BCUT2D eigenvalue weighted by atomic mass is 35.5. The van der Waals surface area contributed by atoms with Crippen molar-refractivity contribution in [2.45, 2.75) is 46.2 Å². The van der Waals surface area contributed by atoms with Gasteiger partial charge in [-0.1, -0.05) is 24.6 Å². The van der Waals surface area contributed by atoms with Gasteiger partial charge in [0.05, 0.1) is 6.61 Å². The molecule has 0 amide bonds. The number of benzene rings is 1. The number of nitrogens with zero attached hydrogens (tertiary/aromatic N) is 1. The van der Waals surface area contributed by atoms with E-state index < -0.39 is 0 Å². The lowest BCUT2D eigenvalue weighted by Crippen LogP contribution is -2.36. The van der Waals surface area contributed by atoms with Crippen LogP contribution in [0.1, 0.15) is 45.7 Å². The summed E-state index contributed by atoms with van der Waals surface area (Å²) in [5, 5.41) is 4.30. The standard InChI is InChI=1S/C17H29ClN2O/c1-6-10-19-14(4)16-9-8-15(11-17(16)18)20(7-2)13(3)12-21-5/h8-9,11,13-14,19H,6-7,10,12H2,1-5H3. The zero-order valence-electron chi connectivity index (χ0n) is 13.9. The molecule has 120 valence electrons. The molecule has 0 aliphatic heterocycles. The van der Waals surface area contributed by atoms with Gasteiger partial charge in [0.15, 0.2) is 0 Å². The Morgan fingerprint density at radius 3 is 2.52 bits per heavy atom. The molecule has 1 aromatic carbocycles. The number of nitrogens with one attached hydrogen (secondary N) is 1. The van der Waals surface area contributed by atoms with Crippen molar-refractivity contribution < 1.29 is 4.74 Å². The van der Waals surface area contributed by atoms with E-state index in [1.165, 1.54) is 0 Å². The first kappa shape index (κ1) is 18.3. The number of hydrogen-bond acceptors (Lipinski definition) is 3. The van der Waals surface area contributed by atoms with Gasteiger partial charge in [-0.15, -0.1) is 0 Å². The lowest BCUT2D eigenvalue weighted by Gasteiger charge is -2.30. The molecule has 0 bridgehead atoms. The number of methoxy groups -OCH3 is 1. The normalized spacial score (nSPS) is 14.0. The summed E-state index contributed by atoms with van der Waals surface area (Å²) in [6, 6.07) is 6.96. The molecule has 1 rings (SSSR count). The first-order valence-corrected chi connectivity index (χ1v) is 8.21. The Morgan fingerprint density at radius 1 is 1.29 bits per heavy atom. The van der Waals surface area contributed by atoms with Crippen molar-refractivity contribution in [2.24, 2.45) is 0 Å². The van der Waals surface area contributed by atoms with E-state index in [4.69, 9.17) is 16.3 Å². The summed E-state index contributed by atoms with van der Waals surface area (Å²) < 4.78 is 5.26.